The Labute approximate surface area is 125 Å². The number of nitro benzene ring substituents is 1. The Morgan fingerprint density at radius 3 is 2.57 bits per heavy atom. The van der Waals surface area contributed by atoms with Crippen molar-refractivity contribution in [1.82, 2.24) is 0 Å². The van der Waals surface area contributed by atoms with Gasteiger partial charge in [0.25, 0.3) is 5.69 Å². The number of hydrogen-bond donors (Lipinski definition) is 2. The summed E-state index contributed by atoms with van der Waals surface area (Å²) in [5.74, 6) is -0.312. The van der Waals surface area contributed by atoms with Crippen LogP contribution in [-0.2, 0) is 5.75 Å². The van der Waals surface area contributed by atoms with E-state index in [1.807, 2.05) is 18.2 Å². The number of nitrogens with zero attached hydrogens (tertiary/aromatic N) is 1. The molecule has 0 fully saturated rings. The second kappa shape index (κ2) is 6.27. The van der Waals surface area contributed by atoms with Crippen molar-refractivity contribution in [2.24, 2.45) is 5.73 Å². The SMILES string of the molecule is NC(=O)c1ccc(CSc2ccccc2N)c([N+](=O)[O-])c1. The van der Waals surface area contributed by atoms with Crippen molar-refractivity contribution < 1.29 is 9.72 Å². The van der Waals surface area contributed by atoms with Crippen LogP contribution >= 0.6 is 11.8 Å². The number of amides is 1. The summed E-state index contributed by atoms with van der Waals surface area (Å²) >= 11 is 1.40. The van der Waals surface area contributed by atoms with Crippen LogP contribution in [0.2, 0.25) is 0 Å². The monoisotopic (exact) mass is 303 g/mol. The van der Waals surface area contributed by atoms with Crippen LogP contribution < -0.4 is 11.5 Å². The van der Waals surface area contributed by atoms with Gasteiger partial charge in [-0.3, -0.25) is 14.9 Å². The number of anilines is 1. The Morgan fingerprint density at radius 1 is 1.24 bits per heavy atom. The van der Waals surface area contributed by atoms with E-state index in [4.69, 9.17) is 11.5 Å². The van der Waals surface area contributed by atoms with Crippen LogP contribution in [0.4, 0.5) is 11.4 Å². The van der Waals surface area contributed by atoms with Crippen molar-refractivity contribution in [1.29, 1.82) is 0 Å². The van der Waals surface area contributed by atoms with E-state index in [2.05, 4.69) is 0 Å². The number of nitrogens with two attached hydrogens (primary N) is 2. The lowest BCUT2D eigenvalue weighted by Crippen LogP contribution is -2.11. The highest BCUT2D eigenvalue weighted by atomic mass is 32.2. The topological polar surface area (TPSA) is 112 Å². The van der Waals surface area contributed by atoms with Crippen LogP contribution in [0.15, 0.2) is 47.4 Å². The number of thioether (sulfide) groups is 1. The largest absolute Gasteiger partial charge is 0.398 e. The zero-order valence-corrected chi connectivity index (χ0v) is 11.8. The summed E-state index contributed by atoms with van der Waals surface area (Å²) in [6, 6.07) is 11.5. The maximum absolute atomic E-state index is 11.1. The Hall–Kier alpha value is -2.54. The third kappa shape index (κ3) is 3.51. The van der Waals surface area contributed by atoms with E-state index in [0.29, 0.717) is 17.0 Å². The minimum atomic E-state index is -0.690. The van der Waals surface area contributed by atoms with Gasteiger partial charge in [-0.1, -0.05) is 18.2 Å². The standard InChI is InChI=1S/C14H13N3O3S/c15-11-3-1-2-4-13(11)21-8-10-6-5-9(14(16)18)7-12(10)17(19)20/h1-7H,8,15H2,(H2,16,18). The number of primary amides is 1. The molecule has 0 radical (unpaired) electrons. The van der Waals surface area contributed by atoms with Crippen LogP contribution in [0.3, 0.4) is 0 Å². The van der Waals surface area contributed by atoms with Crippen LogP contribution in [0.5, 0.6) is 0 Å². The smallest absolute Gasteiger partial charge is 0.274 e. The first kappa shape index (κ1) is 14.9. The maximum atomic E-state index is 11.1. The molecule has 1 amide bonds. The zero-order chi connectivity index (χ0) is 15.4. The van der Waals surface area contributed by atoms with Gasteiger partial charge in [0.15, 0.2) is 0 Å². The van der Waals surface area contributed by atoms with Gasteiger partial charge in [-0.05, 0) is 18.2 Å². The minimum Gasteiger partial charge on any atom is -0.398 e. The predicted molar refractivity (Wildman–Crippen MR) is 82.0 cm³/mol. The molecule has 2 rings (SSSR count). The molecule has 4 N–H and O–H groups in total. The zero-order valence-electron chi connectivity index (χ0n) is 11.0. The molecule has 2 aromatic rings. The molecular formula is C14H13N3O3S. The fraction of sp³-hybridized carbons (Fsp3) is 0.0714. The van der Waals surface area contributed by atoms with Gasteiger partial charge in [0.1, 0.15) is 0 Å². The molecular weight excluding hydrogens is 290 g/mol. The Balaban J connectivity index is 2.26. The van der Waals surface area contributed by atoms with Crippen molar-refractivity contribution in [3.63, 3.8) is 0 Å². The Kier molecular flexibility index (Phi) is 4.44. The highest BCUT2D eigenvalue weighted by Crippen LogP contribution is 2.31. The Bertz CT molecular complexity index is 704. The fourth-order valence-corrected chi connectivity index (χ4v) is 2.74. The number of para-hydroxylation sites is 1. The first-order valence-corrected chi connectivity index (χ1v) is 7.02. The van der Waals surface area contributed by atoms with Crippen molar-refractivity contribution in [3.8, 4) is 0 Å². The average Bonchev–Trinajstić information content (AvgIpc) is 2.46. The third-order valence-electron chi connectivity index (χ3n) is 2.87. The summed E-state index contributed by atoms with van der Waals surface area (Å²) < 4.78 is 0. The molecule has 21 heavy (non-hydrogen) atoms. The van der Waals surface area contributed by atoms with Gasteiger partial charge < -0.3 is 11.5 Å². The highest BCUT2D eigenvalue weighted by molar-refractivity contribution is 7.98. The van der Waals surface area contributed by atoms with Crippen LogP contribution in [-0.4, -0.2) is 10.8 Å². The van der Waals surface area contributed by atoms with E-state index < -0.39 is 10.8 Å². The van der Waals surface area contributed by atoms with Gasteiger partial charge in [-0.2, -0.15) is 0 Å². The van der Waals surface area contributed by atoms with E-state index in [0.717, 1.165) is 4.90 Å². The number of carbonyl (C=O) groups excluding carboxylic acids is 1. The summed E-state index contributed by atoms with van der Waals surface area (Å²) in [5, 5.41) is 11.1. The number of benzene rings is 2. The molecule has 7 heteroatoms. The van der Waals surface area contributed by atoms with Crippen molar-refractivity contribution in [3.05, 3.63) is 63.7 Å². The third-order valence-corrected chi connectivity index (χ3v) is 4.01. The van der Waals surface area contributed by atoms with E-state index in [1.54, 1.807) is 12.1 Å². The van der Waals surface area contributed by atoms with Gasteiger partial charge in [0.2, 0.25) is 5.91 Å². The van der Waals surface area contributed by atoms with Gasteiger partial charge in [-0.25, -0.2) is 0 Å². The second-order valence-electron chi connectivity index (χ2n) is 4.29. The van der Waals surface area contributed by atoms with Crippen molar-refractivity contribution in [2.75, 3.05) is 5.73 Å². The lowest BCUT2D eigenvalue weighted by Gasteiger charge is -2.06. The average molecular weight is 303 g/mol. The molecule has 0 aliphatic rings. The number of hydrogen-bond acceptors (Lipinski definition) is 5. The van der Waals surface area contributed by atoms with Crippen LogP contribution in [0.1, 0.15) is 15.9 Å². The molecule has 0 aliphatic carbocycles. The first-order chi connectivity index (χ1) is 9.99. The summed E-state index contributed by atoms with van der Waals surface area (Å²) in [5.41, 5.74) is 12.1. The van der Waals surface area contributed by atoms with Crippen molar-refractivity contribution >= 4 is 29.0 Å². The second-order valence-corrected chi connectivity index (χ2v) is 5.31. The molecule has 0 unspecified atom stereocenters. The molecule has 0 atom stereocenters. The van der Waals surface area contributed by atoms with E-state index in [9.17, 15) is 14.9 Å². The van der Waals surface area contributed by atoms with Gasteiger partial charge >= 0.3 is 0 Å². The highest BCUT2D eigenvalue weighted by Gasteiger charge is 2.16. The van der Waals surface area contributed by atoms with E-state index >= 15 is 0 Å². The molecule has 0 aromatic heterocycles. The lowest BCUT2D eigenvalue weighted by atomic mass is 10.1. The summed E-state index contributed by atoms with van der Waals surface area (Å²) in [6.07, 6.45) is 0. The number of nitro groups is 1. The van der Waals surface area contributed by atoms with E-state index in [1.165, 1.54) is 23.9 Å². The molecule has 0 spiro atoms. The minimum absolute atomic E-state index is 0.117. The normalized spacial score (nSPS) is 10.3. The van der Waals surface area contributed by atoms with Crippen molar-refractivity contribution in [2.45, 2.75) is 10.6 Å². The predicted octanol–water partition coefficient (Wildman–Crippen LogP) is 2.57. The Morgan fingerprint density at radius 2 is 1.95 bits per heavy atom. The summed E-state index contributed by atoms with van der Waals surface area (Å²) in [7, 11) is 0. The van der Waals surface area contributed by atoms with Gasteiger partial charge in [-0.15, -0.1) is 11.8 Å². The van der Waals surface area contributed by atoms with Gasteiger partial charge in [0, 0.05) is 33.5 Å². The molecule has 108 valence electrons. The number of carbonyl (C=O) groups is 1. The number of nitrogen functional groups attached to an aromatic ring is 1. The summed E-state index contributed by atoms with van der Waals surface area (Å²) in [4.78, 5) is 22.5. The fourth-order valence-electron chi connectivity index (χ4n) is 1.78. The molecule has 0 saturated heterocycles. The quantitative estimate of drug-likeness (QED) is 0.381. The molecule has 0 bridgehead atoms. The number of rotatable bonds is 5. The molecule has 0 heterocycles. The van der Waals surface area contributed by atoms with E-state index in [-0.39, 0.29) is 11.3 Å². The molecule has 6 nitrogen and oxygen atoms in total. The maximum Gasteiger partial charge on any atom is 0.274 e. The van der Waals surface area contributed by atoms with Crippen LogP contribution in [0, 0.1) is 10.1 Å². The lowest BCUT2D eigenvalue weighted by molar-refractivity contribution is -0.385. The first-order valence-electron chi connectivity index (χ1n) is 6.03. The van der Waals surface area contributed by atoms with Gasteiger partial charge in [0.05, 0.1) is 4.92 Å². The molecule has 0 saturated carbocycles. The summed E-state index contributed by atoms with van der Waals surface area (Å²) in [6.45, 7) is 0. The molecule has 2 aromatic carbocycles. The molecule has 0 aliphatic heterocycles. The van der Waals surface area contributed by atoms with Crippen LogP contribution in [0.25, 0.3) is 0 Å².